The smallest absolute Gasteiger partial charge is 0.244 e. The Labute approximate surface area is 107 Å². The first-order valence-corrected chi connectivity index (χ1v) is 7.35. The monoisotopic (exact) mass is 270 g/mol. The van der Waals surface area contributed by atoms with Crippen LogP contribution in [0, 0.1) is 5.92 Å². The first-order valence-electron chi connectivity index (χ1n) is 5.87. The van der Waals surface area contributed by atoms with E-state index in [4.69, 9.17) is 5.73 Å². The number of hydrogen-bond donors (Lipinski definition) is 2. The Hall–Kier alpha value is -1.18. The van der Waals surface area contributed by atoms with Crippen LogP contribution in [-0.2, 0) is 10.0 Å². The third kappa shape index (κ3) is 2.98. The van der Waals surface area contributed by atoms with Gasteiger partial charge in [-0.3, -0.25) is 4.98 Å². The summed E-state index contributed by atoms with van der Waals surface area (Å²) in [5.74, 6) is 0.364. The summed E-state index contributed by atoms with van der Waals surface area (Å²) in [7, 11) is -1.52. The lowest BCUT2D eigenvalue weighted by Gasteiger charge is -2.12. The lowest BCUT2D eigenvalue weighted by Crippen LogP contribution is -2.31. The molecule has 6 nitrogen and oxygen atoms in total. The normalized spacial score (nSPS) is 21.3. The number of anilines is 1. The molecule has 0 amide bonds. The maximum atomic E-state index is 12.0. The van der Waals surface area contributed by atoms with Gasteiger partial charge in [0.1, 0.15) is 4.90 Å². The fourth-order valence-electron chi connectivity index (χ4n) is 2.11. The molecule has 0 aromatic carbocycles. The fraction of sp³-hybridized carbons (Fsp3) is 0.545. The molecular weight excluding hydrogens is 252 g/mol. The third-order valence-electron chi connectivity index (χ3n) is 3.16. The lowest BCUT2D eigenvalue weighted by atomic mass is 10.1. The summed E-state index contributed by atoms with van der Waals surface area (Å²) in [6.07, 6.45) is 3.76. The van der Waals surface area contributed by atoms with Gasteiger partial charge in [-0.1, -0.05) is 0 Å². The van der Waals surface area contributed by atoms with Crippen molar-refractivity contribution in [3.05, 3.63) is 18.5 Å². The molecule has 7 heteroatoms. The van der Waals surface area contributed by atoms with Crippen molar-refractivity contribution in [1.82, 2.24) is 14.6 Å². The number of sulfonamides is 1. The highest BCUT2D eigenvalue weighted by atomic mass is 32.2. The zero-order valence-electron chi connectivity index (χ0n) is 10.3. The summed E-state index contributed by atoms with van der Waals surface area (Å²) in [5.41, 5.74) is 5.87. The minimum absolute atomic E-state index is 0.0522. The quantitative estimate of drug-likeness (QED) is 0.797. The van der Waals surface area contributed by atoms with Gasteiger partial charge in [0.2, 0.25) is 10.0 Å². The number of nitrogens with zero attached hydrogens (tertiary/aromatic N) is 2. The molecule has 0 radical (unpaired) electrons. The van der Waals surface area contributed by atoms with Crippen LogP contribution in [0.1, 0.15) is 6.42 Å². The molecule has 3 N–H and O–H groups in total. The van der Waals surface area contributed by atoms with Crippen molar-refractivity contribution in [3.63, 3.8) is 0 Å². The number of likely N-dealkylation sites (tertiary alicyclic amines) is 1. The van der Waals surface area contributed by atoms with E-state index in [2.05, 4.69) is 14.6 Å². The molecule has 0 bridgehead atoms. The number of nitrogens with one attached hydrogen (secondary N) is 1. The molecule has 2 heterocycles. The predicted octanol–water partition coefficient (Wildman–Crippen LogP) is -0.106. The minimum atomic E-state index is -3.55. The molecular formula is C11H18N4O2S. The maximum Gasteiger partial charge on any atom is 0.244 e. The summed E-state index contributed by atoms with van der Waals surface area (Å²) in [5, 5.41) is 0. The van der Waals surface area contributed by atoms with E-state index in [9.17, 15) is 8.42 Å². The summed E-state index contributed by atoms with van der Waals surface area (Å²) < 4.78 is 26.7. The second-order valence-corrected chi connectivity index (χ2v) is 6.42. The number of rotatable bonds is 4. The molecule has 1 saturated heterocycles. The van der Waals surface area contributed by atoms with Crippen molar-refractivity contribution in [2.75, 3.05) is 32.4 Å². The molecule has 1 atom stereocenters. The Morgan fingerprint density at radius 2 is 2.39 bits per heavy atom. The highest BCUT2D eigenvalue weighted by molar-refractivity contribution is 7.89. The van der Waals surface area contributed by atoms with Crippen molar-refractivity contribution in [1.29, 1.82) is 0 Å². The van der Waals surface area contributed by atoms with Gasteiger partial charge in [-0.15, -0.1) is 0 Å². The van der Waals surface area contributed by atoms with Crippen molar-refractivity contribution >= 4 is 15.7 Å². The van der Waals surface area contributed by atoms with Crippen LogP contribution < -0.4 is 10.5 Å². The zero-order chi connectivity index (χ0) is 13.2. The predicted molar refractivity (Wildman–Crippen MR) is 69.4 cm³/mol. The molecule has 0 aliphatic carbocycles. The van der Waals surface area contributed by atoms with Crippen molar-refractivity contribution in [3.8, 4) is 0 Å². The molecule has 100 valence electrons. The van der Waals surface area contributed by atoms with Gasteiger partial charge < -0.3 is 10.6 Å². The number of nitrogen functional groups attached to an aromatic ring is 1. The average Bonchev–Trinajstić information content (AvgIpc) is 2.73. The van der Waals surface area contributed by atoms with Crippen molar-refractivity contribution in [2.24, 2.45) is 5.92 Å². The van der Waals surface area contributed by atoms with Gasteiger partial charge >= 0.3 is 0 Å². The van der Waals surface area contributed by atoms with Crippen LogP contribution in [0.4, 0.5) is 5.69 Å². The Bertz CT molecular complexity index is 518. The maximum absolute atomic E-state index is 12.0. The second kappa shape index (κ2) is 5.21. The first-order chi connectivity index (χ1) is 8.49. The van der Waals surface area contributed by atoms with E-state index >= 15 is 0 Å². The molecule has 1 fully saturated rings. The molecule has 1 aromatic rings. The molecule has 0 saturated carbocycles. The van der Waals surface area contributed by atoms with E-state index in [0.29, 0.717) is 12.5 Å². The fourth-order valence-corrected chi connectivity index (χ4v) is 3.30. The van der Waals surface area contributed by atoms with E-state index in [-0.39, 0.29) is 10.6 Å². The largest absolute Gasteiger partial charge is 0.398 e. The van der Waals surface area contributed by atoms with Crippen LogP contribution in [0.15, 0.2) is 23.4 Å². The van der Waals surface area contributed by atoms with Crippen LogP contribution in [0.3, 0.4) is 0 Å². The Morgan fingerprint density at radius 3 is 3.00 bits per heavy atom. The number of pyridine rings is 1. The summed E-state index contributed by atoms with van der Waals surface area (Å²) >= 11 is 0. The molecule has 1 aliphatic heterocycles. The van der Waals surface area contributed by atoms with Gasteiger partial charge in [0, 0.05) is 25.5 Å². The summed E-state index contributed by atoms with van der Waals surface area (Å²) in [6.45, 7) is 2.38. The zero-order valence-corrected chi connectivity index (χ0v) is 11.2. The lowest BCUT2D eigenvalue weighted by molar-refractivity contribution is 0.394. The molecule has 2 rings (SSSR count). The van der Waals surface area contributed by atoms with Crippen molar-refractivity contribution in [2.45, 2.75) is 11.3 Å². The van der Waals surface area contributed by atoms with Gasteiger partial charge in [-0.2, -0.15) is 0 Å². The molecule has 0 spiro atoms. The Morgan fingerprint density at radius 1 is 1.61 bits per heavy atom. The van der Waals surface area contributed by atoms with Gasteiger partial charge in [-0.25, -0.2) is 13.1 Å². The van der Waals surface area contributed by atoms with Crippen LogP contribution in [0.25, 0.3) is 0 Å². The third-order valence-corrected chi connectivity index (χ3v) is 4.62. The second-order valence-electron chi connectivity index (χ2n) is 4.68. The summed E-state index contributed by atoms with van der Waals surface area (Å²) in [6, 6.07) is 1.48. The van der Waals surface area contributed by atoms with Crippen LogP contribution in [0.2, 0.25) is 0 Å². The van der Waals surface area contributed by atoms with Crippen LogP contribution in [-0.4, -0.2) is 45.0 Å². The molecule has 1 aliphatic rings. The Kier molecular flexibility index (Phi) is 3.84. The molecule has 18 heavy (non-hydrogen) atoms. The van der Waals surface area contributed by atoms with E-state index in [1.807, 2.05) is 7.05 Å². The standard InChI is InChI=1S/C11H18N4O2S/c1-15-5-3-9(8-15)6-14-18(16,17)11-7-13-4-2-10(11)12/h2,4,7,9,14H,3,5-6,8H2,1H3,(H2,12,13). The van der Waals surface area contributed by atoms with E-state index in [0.717, 1.165) is 19.5 Å². The first kappa shape index (κ1) is 13.3. The SMILES string of the molecule is CN1CCC(CNS(=O)(=O)c2cnccc2N)C1. The van der Waals surface area contributed by atoms with E-state index < -0.39 is 10.0 Å². The molecule has 1 aromatic heterocycles. The van der Waals surface area contributed by atoms with Crippen molar-refractivity contribution < 1.29 is 8.42 Å². The Balaban J connectivity index is 2.02. The number of aromatic nitrogens is 1. The average molecular weight is 270 g/mol. The van der Waals surface area contributed by atoms with Gasteiger partial charge in [0.05, 0.1) is 5.69 Å². The van der Waals surface area contributed by atoms with E-state index in [1.165, 1.54) is 18.5 Å². The molecule has 1 unspecified atom stereocenters. The van der Waals surface area contributed by atoms with Crippen LogP contribution >= 0.6 is 0 Å². The topological polar surface area (TPSA) is 88.3 Å². The number of hydrogen-bond acceptors (Lipinski definition) is 5. The summed E-state index contributed by atoms with van der Waals surface area (Å²) in [4.78, 5) is 6.04. The minimum Gasteiger partial charge on any atom is -0.398 e. The highest BCUT2D eigenvalue weighted by Gasteiger charge is 2.23. The highest BCUT2D eigenvalue weighted by Crippen LogP contribution is 2.17. The van der Waals surface area contributed by atoms with Crippen LogP contribution in [0.5, 0.6) is 0 Å². The number of nitrogens with two attached hydrogens (primary N) is 1. The van der Waals surface area contributed by atoms with Gasteiger partial charge in [0.25, 0.3) is 0 Å². The van der Waals surface area contributed by atoms with Gasteiger partial charge in [0.15, 0.2) is 0 Å². The van der Waals surface area contributed by atoms with E-state index in [1.54, 1.807) is 0 Å². The van der Waals surface area contributed by atoms with Gasteiger partial charge in [-0.05, 0) is 32.0 Å².